The third kappa shape index (κ3) is 2.71. The topological polar surface area (TPSA) is 35.5 Å². The molecule has 3 nitrogen and oxygen atoms in total. The van der Waals surface area contributed by atoms with Crippen LogP contribution < -0.4 is 10.2 Å². The average molecular weight is 313 g/mol. The maximum absolute atomic E-state index is 9.53. The first-order chi connectivity index (χ1) is 8.67. The molecule has 2 unspecified atom stereocenters. The van der Waals surface area contributed by atoms with Gasteiger partial charge < -0.3 is 15.3 Å². The summed E-state index contributed by atoms with van der Waals surface area (Å²) in [5.74, 6) is 0.555. The summed E-state index contributed by atoms with van der Waals surface area (Å²) in [6.07, 6.45) is 1.15. The van der Waals surface area contributed by atoms with Gasteiger partial charge in [-0.3, -0.25) is 0 Å². The number of halogens is 1. The minimum atomic E-state index is 0.228. The molecule has 1 aliphatic heterocycles. The number of nitrogens with one attached hydrogen (secondary N) is 1. The van der Waals surface area contributed by atoms with E-state index in [2.05, 4.69) is 51.3 Å². The number of anilines is 1. The first-order valence-corrected chi connectivity index (χ1v) is 7.27. The molecule has 1 fully saturated rings. The Balaban J connectivity index is 2.23. The van der Waals surface area contributed by atoms with E-state index in [0.29, 0.717) is 5.92 Å². The molecule has 0 radical (unpaired) electrons. The summed E-state index contributed by atoms with van der Waals surface area (Å²) >= 11 is 3.65. The summed E-state index contributed by atoms with van der Waals surface area (Å²) < 4.78 is 1.11. The standard InChI is InChI=1S/C14H21BrN2O/c1-10-5-6-17(14(10)9-18)13-4-3-11(8-16-2)7-12(13)15/h3-4,7,10,14,16,18H,5-6,8-9H2,1-2H3. The van der Waals surface area contributed by atoms with Crippen LogP contribution in [0.15, 0.2) is 22.7 Å². The molecular formula is C14H21BrN2O. The lowest BCUT2D eigenvalue weighted by molar-refractivity contribution is 0.244. The molecule has 0 bridgehead atoms. The summed E-state index contributed by atoms with van der Waals surface area (Å²) in [6, 6.07) is 6.70. The van der Waals surface area contributed by atoms with Crippen LogP contribution in [0.2, 0.25) is 0 Å². The van der Waals surface area contributed by atoms with Crippen molar-refractivity contribution in [2.75, 3.05) is 25.1 Å². The quantitative estimate of drug-likeness (QED) is 0.896. The lowest BCUT2D eigenvalue weighted by Crippen LogP contribution is -2.35. The van der Waals surface area contributed by atoms with Gasteiger partial charge in [0.05, 0.1) is 18.3 Å². The molecule has 0 amide bonds. The molecule has 0 aromatic heterocycles. The maximum atomic E-state index is 9.53. The zero-order valence-corrected chi connectivity index (χ0v) is 12.6. The van der Waals surface area contributed by atoms with Crippen molar-refractivity contribution in [3.8, 4) is 0 Å². The Bertz CT molecular complexity index is 411. The number of hydrogen-bond donors (Lipinski definition) is 2. The van der Waals surface area contributed by atoms with Crippen molar-refractivity contribution >= 4 is 21.6 Å². The number of aliphatic hydroxyl groups excluding tert-OH is 1. The molecule has 4 heteroatoms. The minimum Gasteiger partial charge on any atom is -0.394 e. The number of aliphatic hydroxyl groups is 1. The summed E-state index contributed by atoms with van der Waals surface area (Å²) in [6.45, 7) is 4.34. The molecule has 1 saturated heterocycles. The Morgan fingerprint density at radius 3 is 2.89 bits per heavy atom. The first-order valence-electron chi connectivity index (χ1n) is 6.48. The minimum absolute atomic E-state index is 0.228. The second-order valence-electron chi connectivity index (χ2n) is 5.03. The Labute approximate surface area is 117 Å². The van der Waals surface area contributed by atoms with Crippen molar-refractivity contribution in [3.63, 3.8) is 0 Å². The summed E-state index contributed by atoms with van der Waals surface area (Å²) in [7, 11) is 1.95. The molecule has 1 heterocycles. The van der Waals surface area contributed by atoms with E-state index >= 15 is 0 Å². The van der Waals surface area contributed by atoms with Gasteiger partial charge in [0.1, 0.15) is 0 Å². The fourth-order valence-electron chi connectivity index (χ4n) is 2.68. The van der Waals surface area contributed by atoms with Crippen molar-refractivity contribution in [1.82, 2.24) is 5.32 Å². The smallest absolute Gasteiger partial charge is 0.0637 e. The second kappa shape index (κ2) is 6.04. The molecule has 2 N–H and O–H groups in total. The zero-order chi connectivity index (χ0) is 13.1. The van der Waals surface area contributed by atoms with Crippen LogP contribution in [0, 0.1) is 5.92 Å². The average Bonchev–Trinajstić information content (AvgIpc) is 2.71. The van der Waals surface area contributed by atoms with Crippen LogP contribution >= 0.6 is 15.9 Å². The Morgan fingerprint density at radius 2 is 2.28 bits per heavy atom. The fourth-order valence-corrected chi connectivity index (χ4v) is 3.34. The molecule has 0 spiro atoms. The van der Waals surface area contributed by atoms with E-state index in [4.69, 9.17) is 0 Å². The van der Waals surface area contributed by atoms with Gasteiger partial charge in [-0.2, -0.15) is 0 Å². The summed E-state index contributed by atoms with van der Waals surface area (Å²) in [4.78, 5) is 2.32. The van der Waals surface area contributed by atoms with Gasteiger partial charge in [-0.25, -0.2) is 0 Å². The van der Waals surface area contributed by atoms with E-state index in [1.807, 2.05) is 7.05 Å². The number of hydrogen-bond acceptors (Lipinski definition) is 3. The highest BCUT2D eigenvalue weighted by molar-refractivity contribution is 9.10. The van der Waals surface area contributed by atoms with E-state index in [1.165, 1.54) is 11.3 Å². The molecule has 0 saturated carbocycles. The molecular weight excluding hydrogens is 292 g/mol. The van der Waals surface area contributed by atoms with Gasteiger partial charge in [-0.1, -0.05) is 13.0 Å². The molecule has 0 aliphatic carbocycles. The molecule has 2 atom stereocenters. The Hall–Kier alpha value is -0.580. The summed E-state index contributed by atoms with van der Waals surface area (Å²) in [5.41, 5.74) is 2.46. The van der Waals surface area contributed by atoms with E-state index in [9.17, 15) is 5.11 Å². The highest BCUT2D eigenvalue weighted by atomic mass is 79.9. The normalized spacial score (nSPS) is 23.7. The molecule has 18 heavy (non-hydrogen) atoms. The number of benzene rings is 1. The van der Waals surface area contributed by atoms with Gasteiger partial charge >= 0.3 is 0 Å². The summed E-state index contributed by atoms with van der Waals surface area (Å²) in [5, 5.41) is 12.7. The highest BCUT2D eigenvalue weighted by Gasteiger charge is 2.31. The van der Waals surface area contributed by atoms with Crippen molar-refractivity contribution in [1.29, 1.82) is 0 Å². The first kappa shape index (κ1) is 13.8. The van der Waals surface area contributed by atoms with Gasteiger partial charge in [0.15, 0.2) is 0 Å². The third-order valence-electron chi connectivity index (χ3n) is 3.77. The van der Waals surface area contributed by atoms with E-state index < -0.39 is 0 Å². The van der Waals surface area contributed by atoms with Crippen LogP contribution in [0.4, 0.5) is 5.69 Å². The van der Waals surface area contributed by atoms with Crippen LogP contribution in [0.1, 0.15) is 18.9 Å². The fraction of sp³-hybridized carbons (Fsp3) is 0.571. The van der Waals surface area contributed by atoms with Crippen molar-refractivity contribution in [3.05, 3.63) is 28.2 Å². The lowest BCUT2D eigenvalue weighted by Gasteiger charge is -2.28. The van der Waals surface area contributed by atoms with Crippen molar-refractivity contribution in [2.45, 2.75) is 25.9 Å². The predicted octanol–water partition coefficient (Wildman–Crippen LogP) is 2.38. The largest absolute Gasteiger partial charge is 0.394 e. The number of nitrogens with zero attached hydrogens (tertiary/aromatic N) is 1. The number of rotatable bonds is 4. The Morgan fingerprint density at radius 1 is 1.50 bits per heavy atom. The maximum Gasteiger partial charge on any atom is 0.0637 e. The van der Waals surface area contributed by atoms with Crippen LogP contribution in [-0.4, -0.2) is 31.3 Å². The van der Waals surface area contributed by atoms with Crippen LogP contribution in [-0.2, 0) is 6.54 Å². The van der Waals surface area contributed by atoms with Gasteiger partial charge in [0, 0.05) is 17.6 Å². The van der Waals surface area contributed by atoms with Gasteiger partial charge in [-0.15, -0.1) is 0 Å². The molecule has 100 valence electrons. The van der Waals surface area contributed by atoms with E-state index in [-0.39, 0.29) is 12.6 Å². The zero-order valence-electron chi connectivity index (χ0n) is 11.0. The second-order valence-corrected chi connectivity index (χ2v) is 5.88. The monoisotopic (exact) mass is 312 g/mol. The highest BCUT2D eigenvalue weighted by Crippen LogP contribution is 2.34. The molecule has 2 rings (SSSR count). The predicted molar refractivity (Wildman–Crippen MR) is 78.9 cm³/mol. The van der Waals surface area contributed by atoms with Gasteiger partial charge in [-0.05, 0) is 53.0 Å². The van der Waals surface area contributed by atoms with Crippen LogP contribution in [0.25, 0.3) is 0 Å². The molecule has 1 aromatic carbocycles. The lowest BCUT2D eigenvalue weighted by atomic mass is 10.0. The SMILES string of the molecule is CNCc1ccc(N2CCC(C)C2CO)c(Br)c1. The molecule has 1 aromatic rings. The van der Waals surface area contributed by atoms with Gasteiger partial charge in [0.2, 0.25) is 0 Å². The molecule has 1 aliphatic rings. The van der Waals surface area contributed by atoms with E-state index in [0.717, 1.165) is 24.0 Å². The van der Waals surface area contributed by atoms with E-state index in [1.54, 1.807) is 0 Å². The third-order valence-corrected chi connectivity index (χ3v) is 4.41. The van der Waals surface area contributed by atoms with Crippen molar-refractivity contribution < 1.29 is 5.11 Å². The van der Waals surface area contributed by atoms with Gasteiger partial charge in [0.25, 0.3) is 0 Å². The van der Waals surface area contributed by atoms with Crippen molar-refractivity contribution in [2.24, 2.45) is 5.92 Å². The van der Waals surface area contributed by atoms with Crippen LogP contribution in [0.3, 0.4) is 0 Å². The van der Waals surface area contributed by atoms with Crippen LogP contribution in [0.5, 0.6) is 0 Å². The Kier molecular flexibility index (Phi) is 4.65.